The molecular formula is C12H12BrN5O3. The van der Waals surface area contributed by atoms with E-state index in [2.05, 4.69) is 31.2 Å². The van der Waals surface area contributed by atoms with Crippen LogP contribution in [0.25, 0.3) is 0 Å². The second-order valence-electron chi connectivity index (χ2n) is 4.17. The molecule has 0 unspecified atom stereocenters. The van der Waals surface area contributed by atoms with Crippen LogP contribution >= 0.6 is 15.9 Å². The summed E-state index contributed by atoms with van der Waals surface area (Å²) in [7, 11) is 0. The van der Waals surface area contributed by atoms with Gasteiger partial charge in [0, 0.05) is 12.7 Å². The zero-order valence-electron chi connectivity index (χ0n) is 11.1. The number of hydrogen-bond donors (Lipinski definition) is 1. The molecule has 2 aromatic rings. The molecule has 0 aliphatic carbocycles. The Morgan fingerprint density at radius 2 is 2.14 bits per heavy atom. The fraction of sp³-hybridized carbons (Fsp3) is 0.250. The van der Waals surface area contributed by atoms with Gasteiger partial charge in [-0.05, 0) is 22.9 Å². The summed E-state index contributed by atoms with van der Waals surface area (Å²) >= 11 is 3.03. The molecule has 110 valence electrons. The molecule has 0 fully saturated rings. The maximum Gasteiger partial charge on any atom is 0.333 e. The lowest BCUT2D eigenvalue weighted by atomic mass is 10.3. The number of anilines is 1. The average Bonchev–Trinajstić information content (AvgIpc) is 2.45. The maximum atomic E-state index is 11.6. The van der Waals surface area contributed by atoms with Crippen LogP contribution in [-0.4, -0.2) is 26.0 Å². The van der Waals surface area contributed by atoms with E-state index in [0.29, 0.717) is 11.5 Å². The van der Waals surface area contributed by atoms with Gasteiger partial charge in [-0.1, -0.05) is 0 Å². The fourth-order valence-electron chi connectivity index (χ4n) is 1.70. The summed E-state index contributed by atoms with van der Waals surface area (Å²) in [6.45, 7) is 2.97. The van der Waals surface area contributed by atoms with Crippen molar-refractivity contribution in [3.05, 3.63) is 55.3 Å². The molecule has 21 heavy (non-hydrogen) atoms. The average molecular weight is 354 g/mol. The first-order chi connectivity index (χ1) is 10.0. The molecule has 0 atom stereocenters. The third-order valence-electron chi connectivity index (χ3n) is 2.62. The number of pyridine rings is 1. The highest BCUT2D eigenvalue weighted by Gasteiger charge is 2.16. The number of halogens is 1. The first-order valence-corrected chi connectivity index (χ1v) is 6.89. The molecule has 0 bridgehead atoms. The number of nitrogens with one attached hydrogen (secondary N) is 1. The smallest absolute Gasteiger partial charge is 0.333 e. The van der Waals surface area contributed by atoms with Crippen LogP contribution in [0.1, 0.15) is 12.6 Å². The number of rotatable bonds is 5. The highest BCUT2D eigenvalue weighted by atomic mass is 79.9. The molecule has 0 saturated heterocycles. The van der Waals surface area contributed by atoms with Gasteiger partial charge in [0.2, 0.25) is 0 Å². The van der Waals surface area contributed by atoms with Crippen molar-refractivity contribution < 1.29 is 4.92 Å². The Hall–Kier alpha value is -2.29. The Bertz CT molecular complexity index is 714. The maximum absolute atomic E-state index is 11.6. The van der Waals surface area contributed by atoms with Gasteiger partial charge in [0.25, 0.3) is 5.43 Å². The molecule has 2 aromatic heterocycles. The van der Waals surface area contributed by atoms with Gasteiger partial charge in [0.05, 0.1) is 40.2 Å². The topological polar surface area (TPSA) is 103 Å². The normalized spacial score (nSPS) is 10.4. The summed E-state index contributed by atoms with van der Waals surface area (Å²) in [5, 5.41) is 13.9. The van der Waals surface area contributed by atoms with Crippen molar-refractivity contribution in [2.24, 2.45) is 0 Å². The second-order valence-corrected chi connectivity index (χ2v) is 5.03. The highest BCUT2D eigenvalue weighted by molar-refractivity contribution is 9.10. The van der Waals surface area contributed by atoms with E-state index >= 15 is 0 Å². The van der Waals surface area contributed by atoms with Crippen molar-refractivity contribution >= 4 is 27.4 Å². The van der Waals surface area contributed by atoms with Crippen molar-refractivity contribution in [2.75, 3.05) is 11.9 Å². The Kier molecular flexibility index (Phi) is 4.63. The lowest BCUT2D eigenvalue weighted by Gasteiger charge is -2.07. The summed E-state index contributed by atoms with van der Waals surface area (Å²) in [5.74, 6) is 0.660. The number of aromatic nitrogens is 3. The monoisotopic (exact) mass is 353 g/mol. The van der Waals surface area contributed by atoms with Gasteiger partial charge >= 0.3 is 5.69 Å². The van der Waals surface area contributed by atoms with E-state index in [4.69, 9.17) is 0 Å². The molecule has 0 aliphatic heterocycles. The van der Waals surface area contributed by atoms with Gasteiger partial charge < -0.3 is 9.88 Å². The van der Waals surface area contributed by atoms with Gasteiger partial charge in [-0.15, -0.1) is 0 Å². The Morgan fingerprint density at radius 1 is 1.38 bits per heavy atom. The molecule has 2 heterocycles. The van der Waals surface area contributed by atoms with Crippen LogP contribution in [0.3, 0.4) is 0 Å². The lowest BCUT2D eigenvalue weighted by molar-refractivity contribution is -0.386. The van der Waals surface area contributed by atoms with E-state index in [1.165, 1.54) is 17.0 Å². The van der Waals surface area contributed by atoms with Crippen LogP contribution in [0.4, 0.5) is 11.5 Å². The fourth-order valence-corrected chi connectivity index (χ4v) is 2.16. The molecule has 2 rings (SSSR count). The standard InChI is InChI=1S/C12H12BrN5O3/c1-2-14-11-4-15-8(3-16-11)5-17-6-9(13)12(19)10(7-17)18(20)21/h3-4,6-7H,2,5H2,1H3,(H,14,16). The van der Waals surface area contributed by atoms with E-state index in [1.54, 1.807) is 12.4 Å². The lowest BCUT2D eigenvalue weighted by Crippen LogP contribution is -2.14. The number of hydrogen-bond acceptors (Lipinski definition) is 6. The first-order valence-electron chi connectivity index (χ1n) is 6.10. The minimum atomic E-state index is -0.705. The van der Waals surface area contributed by atoms with Crippen LogP contribution in [0.5, 0.6) is 0 Å². The van der Waals surface area contributed by atoms with E-state index in [1.807, 2.05) is 6.92 Å². The largest absolute Gasteiger partial charge is 0.369 e. The summed E-state index contributed by atoms with van der Waals surface area (Å²) in [6, 6.07) is 0. The summed E-state index contributed by atoms with van der Waals surface area (Å²) < 4.78 is 1.65. The van der Waals surface area contributed by atoms with Crippen molar-refractivity contribution in [1.29, 1.82) is 0 Å². The molecular weight excluding hydrogens is 342 g/mol. The molecule has 0 radical (unpaired) electrons. The van der Waals surface area contributed by atoms with E-state index in [9.17, 15) is 14.9 Å². The summed E-state index contributed by atoms with van der Waals surface area (Å²) in [5.41, 5.74) is -0.507. The third kappa shape index (κ3) is 3.63. The molecule has 0 aliphatic rings. The van der Waals surface area contributed by atoms with E-state index in [-0.39, 0.29) is 11.0 Å². The van der Waals surface area contributed by atoms with Crippen LogP contribution in [0.2, 0.25) is 0 Å². The molecule has 0 saturated carbocycles. The Balaban J connectivity index is 2.27. The Morgan fingerprint density at radius 3 is 2.71 bits per heavy atom. The van der Waals surface area contributed by atoms with Crippen LogP contribution in [0.15, 0.2) is 34.1 Å². The SMILES string of the molecule is CCNc1cnc(Cn2cc(Br)c(=O)c([N+](=O)[O-])c2)cn1. The Labute approximate surface area is 128 Å². The van der Waals surface area contributed by atoms with Gasteiger partial charge in [-0.25, -0.2) is 4.98 Å². The van der Waals surface area contributed by atoms with Gasteiger partial charge in [0.15, 0.2) is 0 Å². The van der Waals surface area contributed by atoms with E-state index in [0.717, 1.165) is 6.54 Å². The van der Waals surface area contributed by atoms with Gasteiger partial charge in [0.1, 0.15) is 5.82 Å². The van der Waals surface area contributed by atoms with E-state index < -0.39 is 16.0 Å². The quantitative estimate of drug-likeness (QED) is 0.649. The van der Waals surface area contributed by atoms with Crippen LogP contribution < -0.4 is 10.7 Å². The zero-order valence-corrected chi connectivity index (χ0v) is 12.7. The number of nitro groups is 1. The predicted octanol–water partition coefficient (Wildman–Crippen LogP) is 1.79. The second kappa shape index (κ2) is 6.44. The van der Waals surface area contributed by atoms with Crippen LogP contribution in [-0.2, 0) is 6.54 Å². The van der Waals surface area contributed by atoms with Crippen molar-refractivity contribution in [1.82, 2.24) is 14.5 Å². The molecule has 1 N–H and O–H groups in total. The van der Waals surface area contributed by atoms with Gasteiger partial charge in [-0.3, -0.25) is 19.9 Å². The van der Waals surface area contributed by atoms with Crippen molar-refractivity contribution in [3.8, 4) is 0 Å². The zero-order chi connectivity index (χ0) is 15.4. The minimum absolute atomic E-state index is 0.133. The first kappa shape index (κ1) is 15.1. The predicted molar refractivity (Wildman–Crippen MR) is 80.4 cm³/mol. The molecule has 0 amide bonds. The molecule has 8 nitrogen and oxygen atoms in total. The van der Waals surface area contributed by atoms with Gasteiger partial charge in [-0.2, -0.15) is 0 Å². The van der Waals surface area contributed by atoms with Crippen molar-refractivity contribution in [3.63, 3.8) is 0 Å². The number of nitrogens with zero attached hydrogens (tertiary/aromatic N) is 4. The molecule has 9 heteroatoms. The van der Waals surface area contributed by atoms with Crippen molar-refractivity contribution in [2.45, 2.75) is 13.5 Å². The molecule has 0 spiro atoms. The third-order valence-corrected chi connectivity index (χ3v) is 3.19. The van der Waals surface area contributed by atoms with Crippen LogP contribution in [0, 0.1) is 10.1 Å². The molecule has 0 aromatic carbocycles. The minimum Gasteiger partial charge on any atom is -0.369 e. The highest BCUT2D eigenvalue weighted by Crippen LogP contribution is 2.12. The summed E-state index contributed by atoms with van der Waals surface area (Å²) in [6.07, 6.45) is 5.84. The summed E-state index contributed by atoms with van der Waals surface area (Å²) in [4.78, 5) is 30.1.